The highest BCUT2D eigenvalue weighted by Crippen LogP contribution is 2.18. The van der Waals surface area contributed by atoms with Crippen molar-refractivity contribution in [2.24, 2.45) is 0 Å². The summed E-state index contributed by atoms with van der Waals surface area (Å²) < 4.78 is 30.1. The van der Waals surface area contributed by atoms with E-state index in [2.05, 4.69) is 10.9 Å². The summed E-state index contributed by atoms with van der Waals surface area (Å²) in [6, 6.07) is 20.3. The quantitative estimate of drug-likeness (QED) is 0.581. The molecule has 2 aromatic carbocycles. The van der Waals surface area contributed by atoms with E-state index in [0.717, 1.165) is 5.56 Å². The van der Waals surface area contributed by atoms with E-state index >= 15 is 0 Å². The first kappa shape index (κ1) is 20.3. The van der Waals surface area contributed by atoms with Crippen molar-refractivity contribution in [1.82, 2.24) is 10.9 Å². The van der Waals surface area contributed by atoms with Crippen LogP contribution < -0.4 is 10.9 Å². The van der Waals surface area contributed by atoms with Gasteiger partial charge in [-0.3, -0.25) is 20.4 Å². The number of aryl methyl sites for hydroxylation is 1. The zero-order valence-corrected chi connectivity index (χ0v) is 16.3. The number of hydrogen-bond donors (Lipinski definition) is 2. The van der Waals surface area contributed by atoms with E-state index in [9.17, 15) is 18.0 Å². The second-order valence-corrected chi connectivity index (χ2v) is 8.32. The number of nitrogens with one attached hydrogen (secondary N) is 2. The highest BCUT2D eigenvalue weighted by Gasteiger charge is 2.19. The Morgan fingerprint density at radius 2 is 1.48 bits per heavy atom. The highest BCUT2D eigenvalue weighted by molar-refractivity contribution is 7.90. The maximum absolute atomic E-state index is 12.4. The van der Waals surface area contributed by atoms with Gasteiger partial charge in [-0.25, -0.2) is 8.42 Å². The molecule has 29 heavy (non-hydrogen) atoms. The van der Waals surface area contributed by atoms with Gasteiger partial charge >= 0.3 is 5.91 Å². The van der Waals surface area contributed by atoms with E-state index in [4.69, 9.17) is 4.42 Å². The molecule has 0 saturated heterocycles. The Morgan fingerprint density at radius 3 is 2.17 bits per heavy atom. The van der Waals surface area contributed by atoms with Crippen LogP contribution in [0.25, 0.3) is 0 Å². The van der Waals surface area contributed by atoms with Crippen LogP contribution >= 0.6 is 0 Å². The minimum atomic E-state index is -3.58. The molecule has 0 unspecified atom stereocenters. The van der Waals surface area contributed by atoms with Gasteiger partial charge in [-0.1, -0.05) is 48.5 Å². The van der Waals surface area contributed by atoms with Crippen molar-refractivity contribution in [3.05, 3.63) is 89.9 Å². The molecule has 0 aliphatic heterocycles. The van der Waals surface area contributed by atoms with Gasteiger partial charge in [0, 0.05) is 6.42 Å². The average molecular weight is 412 g/mol. The predicted molar refractivity (Wildman–Crippen MR) is 106 cm³/mol. The molecule has 7 nitrogen and oxygen atoms in total. The Labute approximate surface area is 168 Å². The first-order valence-electron chi connectivity index (χ1n) is 8.94. The van der Waals surface area contributed by atoms with Crippen LogP contribution in [0.15, 0.2) is 82.1 Å². The van der Waals surface area contributed by atoms with Crippen LogP contribution in [0.2, 0.25) is 0 Å². The minimum Gasteiger partial charge on any atom is -0.455 e. The van der Waals surface area contributed by atoms with Crippen LogP contribution in [0.4, 0.5) is 0 Å². The zero-order chi connectivity index (χ0) is 20.7. The van der Waals surface area contributed by atoms with Gasteiger partial charge in [0.1, 0.15) is 11.5 Å². The van der Waals surface area contributed by atoms with Gasteiger partial charge in [0.2, 0.25) is 5.91 Å². The number of hydrazine groups is 1. The molecule has 0 saturated carbocycles. The molecule has 0 fully saturated rings. The predicted octanol–water partition coefficient (Wildman–Crippen LogP) is 2.65. The number of benzene rings is 2. The standard InChI is InChI=1S/C21H20N2O5S/c24-20(14-11-16-7-3-1-4-8-16)22-23-21(25)19-13-12-17(28-19)15-29(26,27)18-9-5-2-6-10-18/h1-10,12-13H,11,14-15H2,(H,22,24)(H,23,25). The number of carbonyl (C=O) groups is 2. The normalized spacial score (nSPS) is 11.0. The maximum atomic E-state index is 12.4. The summed E-state index contributed by atoms with van der Waals surface area (Å²) in [5, 5.41) is 0. The Morgan fingerprint density at radius 1 is 0.828 bits per heavy atom. The third kappa shape index (κ3) is 5.79. The van der Waals surface area contributed by atoms with Gasteiger partial charge in [0.25, 0.3) is 0 Å². The molecule has 0 atom stereocenters. The summed E-state index contributed by atoms with van der Waals surface area (Å²) in [5.74, 6) is -1.34. The first-order chi connectivity index (χ1) is 13.9. The Kier molecular flexibility index (Phi) is 6.46. The monoisotopic (exact) mass is 412 g/mol. The molecule has 3 aromatic rings. The summed E-state index contributed by atoms with van der Waals surface area (Å²) in [6.07, 6.45) is 0.758. The minimum absolute atomic E-state index is 0.0911. The van der Waals surface area contributed by atoms with Crippen molar-refractivity contribution < 1.29 is 22.4 Å². The summed E-state index contributed by atoms with van der Waals surface area (Å²) >= 11 is 0. The molecular weight excluding hydrogens is 392 g/mol. The Bertz CT molecular complexity index is 1080. The molecule has 2 amide bonds. The molecule has 1 heterocycles. The van der Waals surface area contributed by atoms with Crippen molar-refractivity contribution in [2.75, 3.05) is 0 Å². The lowest BCUT2D eigenvalue weighted by Crippen LogP contribution is -2.41. The van der Waals surface area contributed by atoms with E-state index in [-0.39, 0.29) is 34.5 Å². The highest BCUT2D eigenvalue weighted by atomic mass is 32.2. The summed E-state index contributed by atoms with van der Waals surface area (Å²) in [6.45, 7) is 0. The molecule has 8 heteroatoms. The number of carbonyl (C=O) groups excluding carboxylic acids is 2. The van der Waals surface area contributed by atoms with E-state index in [0.29, 0.717) is 6.42 Å². The smallest absolute Gasteiger partial charge is 0.305 e. The van der Waals surface area contributed by atoms with E-state index in [1.807, 2.05) is 30.3 Å². The fourth-order valence-electron chi connectivity index (χ4n) is 2.63. The van der Waals surface area contributed by atoms with E-state index in [1.54, 1.807) is 18.2 Å². The lowest BCUT2D eigenvalue weighted by molar-refractivity contribution is -0.121. The molecular formula is C21H20N2O5S. The van der Waals surface area contributed by atoms with Crippen LogP contribution in [-0.4, -0.2) is 20.2 Å². The number of furan rings is 1. The third-order valence-electron chi connectivity index (χ3n) is 4.12. The second kappa shape index (κ2) is 9.20. The van der Waals surface area contributed by atoms with Crippen molar-refractivity contribution in [2.45, 2.75) is 23.5 Å². The third-order valence-corrected chi connectivity index (χ3v) is 5.77. The molecule has 2 N–H and O–H groups in total. The van der Waals surface area contributed by atoms with Crippen LogP contribution in [-0.2, 0) is 26.8 Å². The molecule has 150 valence electrons. The first-order valence-corrected chi connectivity index (χ1v) is 10.6. The van der Waals surface area contributed by atoms with Gasteiger partial charge < -0.3 is 4.42 Å². The fourth-order valence-corrected chi connectivity index (χ4v) is 3.90. The largest absolute Gasteiger partial charge is 0.455 e. The lowest BCUT2D eigenvalue weighted by Gasteiger charge is -2.06. The molecule has 0 radical (unpaired) electrons. The topological polar surface area (TPSA) is 105 Å². The van der Waals surface area contributed by atoms with Crippen molar-refractivity contribution in [1.29, 1.82) is 0 Å². The van der Waals surface area contributed by atoms with Gasteiger partial charge in [0.05, 0.1) is 4.90 Å². The number of amides is 2. The molecule has 0 spiro atoms. The van der Waals surface area contributed by atoms with Crippen LogP contribution in [0, 0.1) is 0 Å². The van der Waals surface area contributed by atoms with Crippen LogP contribution in [0.5, 0.6) is 0 Å². The summed E-state index contributed by atoms with van der Waals surface area (Å²) in [5.41, 5.74) is 5.60. The Balaban J connectivity index is 1.51. The van der Waals surface area contributed by atoms with Gasteiger partial charge in [-0.15, -0.1) is 0 Å². The van der Waals surface area contributed by atoms with Crippen molar-refractivity contribution >= 4 is 21.7 Å². The molecule has 0 aliphatic carbocycles. The Hall–Kier alpha value is -3.39. The van der Waals surface area contributed by atoms with Crippen molar-refractivity contribution in [3.63, 3.8) is 0 Å². The molecule has 0 bridgehead atoms. The lowest BCUT2D eigenvalue weighted by atomic mass is 10.1. The van der Waals surface area contributed by atoms with Gasteiger partial charge in [0.15, 0.2) is 15.6 Å². The molecule has 1 aromatic heterocycles. The average Bonchev–Trinajstić information content (AvgIpc) is 3.20. The van der Waals surface area contributed by atoms with E-state index < -0.39 is 15.7 Å². The van der Waals surface area contributed by atoms with Crippen molar-refractivity contribution in [3.8, 4) is 0 Å². The molecule has 0 aliphatic rings. The van der Waals surface area contributed by atoms with Crippen LogP contribution in [0.3, 0.4) is 0 Å². The fraction of sp³-hybridized carbons (Fsp3) is 0.143. The SMILES string of the molecule is O=C(CCc1ccccc1)NNC(=O)c1ccc(CS(=O)(=O)c2ccccc2)o1. The summed E-state index contributed by atoms with van der Waals surface area (Å²) in [7, 11) is -3.58. The van der Waals surface area contributed by atoms with Crippen LogP contribution in [0.1, 0.15) is 28.3 Å². The van der Waals surface area contributed by atoms with Gasteiger partial charge in [-0.2, -0.15) is 0 Å². The molecule has 3 rings (SSSR count). The van der Waals surface area contributed by atoms with Gasteiger partial charge in [-0.05, 0) is 36.2 Å². The van der Waals surface area contributed by atoms with E-state index in [1.165, 1.54) is 24.3 Å². The maximum Gasteiger partial charge on any atom is 0.305 e. The zero-order valence-electron chi connectivity index (χ0n) is 15.5. The number of rotatable bonds is 7. The summed E-state index contributed by atoms with van der Waals surface area (Å²) in [4.78, 5) is 24.1. The number of hydrogen-bond acceptors (Lipinski definition) is 5. The second-order valence-electron chi connectivity index (χ2n) is 6.33. The number of sulfone groups is 1.